The molecule has 19 heavy (non-hydrogen) atoms. The van der Waals surface area contributed by atoms with E-state index in [0.717, 1.165) is 6.42 Å². The van der Waals surface area contributed by atoms with Gasteiger partial charge in [0.05, 0.1) is 5.92 Å². The minimum atomic E-state index is -0.696. The van der Waals surface area contributed by atoms with Gasteiger partial charge in [0.2, 0.25) is 5.91 Å². The van der Waals surface area contributed by atoms with Crippen molar-refractivity contribution in [3.63, 3.8) is 0 Å². The highest BCUT2D eigenvalue weighted by atomic mass is 16.4. The second-order valence-electron chi connectivity index (χ2n) is 6.80. The minimum absolute atomic E-state index is 0.0591. The zero-order valence-corrected chi connectivity index (χ0v) is 12.1. The van der Waals surface area contributed by atoms with E-state index >= 15 is 0 Å². The van der Waals surface area contributed by atoms with Crippen LogP contribution >= 0.6 is 0 Å². The van der Waals surface area contributed by atoms with Crippen LogP contribution in [0.3, 0.4) is 0 Å². The Morgan fingerprint density at radius 1 is 1.37 bits per heavy atom. The molecule has 106 valence electrons. The maximum atomic E-state index is 11.8. The monoisotopic (exact) mass is 265 g/mol. The largest absolute Gasteiger partial charge is 0.481 e. The number of hydrogen-bond acceptors (Lipinski definition) is 2. The first-order valence-corrected chi connectivity index (χ1v) is 6.79. The summed E-state index contributed by atoms with van der Waals surface area (Å²) < 4.78 is 0. The molecule has 0 spiro atoms. The van der Waals surface area contributed by atoms with Crippen LogP contribution in [0.15, 0.2) is 12.7 Å². The first kappa shape index (κ1) is 14.1. The van der Waals surface area contributed by atoms with Crippen molar-refractivity contribution in [3.05, 3.63) is 12.7 Å². The molecule has 4 unspecified atom stereocenters. The fraction of sp³-hybridized carbons (Fsp3) is 0.733. The predicted molar refractivity (Wildman–Crippen MR) is 72.5 cm³/mol. The lowest BCUT2D eigenvalue weighted by Crippen LogP contribution is -2.48. The molecule has 2 aliphatic carbocycles. The van der Waals surface area contributed by atoms with E-state index in [2.05, 4.69) is 27.4 Å². The smallest absolute Gasteiger partial charge is 0.306 e. The van der Waals surface area contributed by atoms with Gasteiger partial charge in [-0.2, -0.15) is 0 Å². The molecule has 0 aromatic carbocycles. The average Bonchev–Trinajstić information content (AvgIpc) is 2.66. The van der Waals surface area contributed by atoms with Crippen LogP contribution in [0.25, 0.3) is 0 Å². The summed E-state index contributed by atoms with van der Waals surface area (Å²) in [7, 11) is 1.80. The lowest BCUT2D eigenvalue weighted by molar-refractivity contribution is -0.144. The fourth-order valence-electron chi connectivity index (χ4n) is 4.46. The third kappa shape index (κ3) is 1.65. The standard InChI is InChI=1S/C15H23NO3/c1-6-12(17)16(5)11-7-10-9(13(18)19)8-15(11,4)14(10,2)3/h6,9-11H,1,7-8H2,2-5H3,(H,18,19). The summed E-state index contributed by atoms with van der Waals surface area (Å²) in [6.07, 6.45) is 2.76. The van der Waals surface area contributed by atoms with Crippen LogP contribution in [0.2, 0.25) is 0 Å². The number of fused-ring (bicyclic) bond motifs is 2. The summed E-state index contributed by atoms with van der Waals surface area (Å²) in [5, 5.41) is 9.37. The van der Waals surface area contributed by atoms with Crippen LogP contribution in [-0.4, -0.2) is 35.0 Å². The zero-order chi connectivity index (χ0) is 14.6. The van der Waals surface area contributed by atoms with Crippen molar-refractivity contribution in [1.29, 1.82) is 0 Å². The topological polar surface area (TPSA) is 57.6 Å². The van der Waals surface area contributed by atoms with Gasteiger partial charge in [-0.25, -0.2) is 0 Å². The van der Waals surface area contributed by atoms with E-state index in [9.17, 15) is 14.7 Å². The van der Waals surface area contributed by atoms with Gasteiger partial charge in [-0.1, -0.05) is 27.4 Å². The minimum Gasteiger partial charge on any atom is -0.481 e. The van der Waals surface area contributed by atoms with Crippen LogP contribution in [0.5, 0.6) is 0 Å². The highest BCUT2D eigenvalue weighted by molar-refractivity contribution is 5.87. The molecule has 2 aliphatic rings. The second-order valence-corrected chi connectivity index (χ2v) is 6.80. The Morgan fingerprint density at radius 3 is 2.32 bits per heavy atom. The van der Waals surface area contributed by atoms with Gasteiger partial charge in [-0.05, 0) is 35.7 Å². The number of amides is 1. The van der Waals surface area contributed by atoms with Gasteiger partial charge in [0, 0.05) is 13.1 Å². The normalized spacial score (nSPS) is 39.1. The first-order valence-electron chi connectivity index (χ1n) is 6.79. The van der Waals surface area contributed by atoms with Gasteiger partial charge in [0.1, 0.15) is 0 Å². The van der Waals surface area contributed by atoms with E-state index < -0.39 is 5.97 Å². The molecule has 4 nitrogen and oxygen atoms in total. The highest BCUT2D eigenvalue weighted by Gasteiger charge is 2.67. The Morgan fingerprint density at radius 2 is 1.95 bits per heavy atom. The molecular formula is C15H23NO3. The Bertz CT molecular complexity index is 443. The number of nitrogens with zero attached hydrogens (tertiary/aromatic N) is 1. The molecule has 1 amide bonds. The molecule has 2 saturated carbocycles. The molecule has 4 heteroatoms. The third-order valence-electron chi connectivity index (χ3n) is 6.05. The van der Waals surface area contributed by atoms with Crippen LogP contribution in [0.4, 0.5) is 0 Å². The Kier molecular flexibility index (Phi) is 3.03. The van der Waals surface area contributed by atoms with Gasteiger partial charge < -0.3 is 10.0 Å². The highest BCUT2D eigenvalue weighted by Crippen LogP contribution is 2.68. The summed E-state index contributed by atoms with van der Waals surface area (Å²) in [5.74, 6) is -0.914. The molecule has 0 aromatic heterocycles. The molecule has 0 saturated heterocycles. The average molecular weight is 265 g/mol. The molecule has 0 aromatic rings. The summed E-state index contributed by atoms with van der Waals surface area (Å²) in [4.78, 5) is 25.0. The fourth-order valence-corrected chi connectivity index (χ4v) is 4.46. The van der Waals surface area contributed by atoms with Crippen LogP contribution < -0.4 is 0 Å². The first-order chi connectivity index (χ1) is 8.66. The van der Waals surface area contributed by atoms with E-state index in [1.165, 1.54) is 6.08 Å². The van der Waals surface area contributed by atoms with E-state index in [1.807, 2.05) is 0 Å². The van der Waals surface area contributed by atoms with Crippen molar-refractivity contribution in [2.75, 3.05) is 7.05 Å². The molecule has 2 fully saturated rings. The van der Waals surface area contributed by atoms with Gasteiger partial charge in [0.25, 0.3) is 0 Å². The van der Waals surface area contributed by atoms with E-state index in [0.29, 0.717) is 6.42 Å². The van der Waals surface area contributed by atoms with Crippen molar-refractivity contribution in [2.45, 2.75) is 39.7 Å². The number of rotatable bonds is 3. The number of likely N-dealkylation sites (N-methyl/N-ethyl adjacent to an activating group) is 1. The number of hydrogen-bond donors (Lipinski definition) is 1. The van der Waals surface area contributed by atoms with Crippen LogP contribution in [0, 0.1) is 22.7 Å². The molecular weight excluding hydrogens is 242 g/mol. The molecule has 0 heterocycles. The molecule has 0 radical (unpaired) electrons. The van der Waals surface area contributed by atoms with Crippen molar-refractivity contribution in [1.82, 2.24) is 4.90 Å². The quantitative estimate of drug-likeness (QED) is 0.795. The maximum Gasteiger partial charge on any atom is 0.306 e. The van der Waals surface area contributed by atoms with E-state index in [1.54, 1.807) is 11.9 Å². The number of carbonyl (C=O) groups excluding carboxylic acids is 1. The van der Waals surface area contributed by atoms with Crippen molar-refractivity contribution in [2.24, 2.45) is 22.7 Å². The number of carboxylic acid groups (broad SMARTS) is 1. The Hall–Kier alpha value is -1.32. The van der Waals surface area contributed by atoms with Crippen molar-refractivity contribution >= 4 is 11.9 Å². The van der Waals surface area contributed by atoms with E-state index in [-0.39, 0.29) is 34.6 Å². The number of carbonyl (C=O) groups is 2. The third-order valence-corrected chi connectivity index (χ3v) is 6.05. The maximum absolute atomic E-state index is 11.8. The summed E-state index contributed by atoms with van der Waals surface area (Å²) in [6, 6.07) is 0.105. The Balaban J connectivity index is 2.34. The SMILES string of the molecule is C=CC(=O)N(C)C1CC2C(C(=O)O)CC1(C)C2(C)C. The van der Waals surface area contributed by atoms with Gasteiger partial charge in [0.15, 0.2) is 0 Å². The molecule has 0 aliphatic heterocycles. The lowest BCUT2D eigenvalue weighted by atomic mass is 9.69. The zero-order valence-electron chi connectivity index (χ0n) is 12.1. The second kappa shape index (κ2) is 4.09. The lowest BCUT2D eigenvalue weighted by Gasteiger charge is -2.43. The van der Waals surface area contributed by atoms with Gasteiger partial charge >= 0.3 is 5.97 Å². The summed E-state index contributed by atoms with van der Waals surface area (Å²) in [6.45, 7) is 9.96. The predicted octanol–water partition coefficient (Wildman–Crippen LogP) is 2.16. The molecule has 4 atom stereocenters. The van der Waals surface area contributed by atoms with Crippen LogP contribution in [-0.2, 0) is 9.59 Å². The number of aliphatic carboxylic acids is 1. The van der Waals surface area contributed by atoms with Gasteiger partial charge in [-0.3, -0.25) is 9.59 Å². The molecule has 1 N–H and O–H groups in total. The van der Waals surface area contributed by atoms with E-state index in [4.69, 9.17) is 0 Å². The van der Waals surface area contributed by atoms with Crippen LogP contribution in [0.1, 0.15) is 33.6 Å². The summed E-state index contributed by atoms with van der Waals surface area (Å²) in [5.41, 5.74) is -0.204. The van der Waals surface area contributed by atoms with Crippen molar-refractivity contribution < 1.29 is 14.7 Å². The molecule has 2 bridgehead atoms. The van der Waals surface area contributed by atoms with Gasteiger partial charge in [-0.15, -0.1) is 0 Å². The van der Waals surface area contributed by atoms with Crippen molar-refractivity contribution in [3.8, 4) is 0 Å². The number of carboxylic acids is 1. The molecule has 2 rings (SSSR count). The Labute approximate surface area is 114 Å². The summed E-state index contributed by atoms with van der Waals surface area (Å²) >= 11 is 0.